The molecule has 0 aromatic heterocycles. The van der Waals surface area contributed by atoms with E-state index < -0.39 is 11.4 Å². The van der Waals surface area contributed by atoms with Crippen molar-refractivity contribution in [1.29, 1.82) is 0 Å². The normalized spacial score (nSPS) is 18.2. The van der Waals surface area contributed by atoms with Gasteiger partial charge in [0.1, 0.15) is 5.82 Å². The number of amides is 3. The SMILES string of the molecule is CC(C)(N)C(=O)N1CCCC(CNC(=O)Nc2cccc(F)c2)C1. The van der Waals surface area contributed by atoms with Gasteiger partial charge in [-0.05, 0) is 50.8 Å². The van der Waals surface area contributed by atoms with E-state index in [1.54, 1.807) is 24.8 Å². The molecule has 132 valence electrons. The molecule has 4 N–H and O–H groups in total. The summed E-state index contributed by atoms with van der Waals surface area (Å²) in [5.74, 6) is -0.293. The molecule has 7 heteroatoms. The van der Waals surface area contributed by atoms with Gasteiger partial charge in [-0.3, -0.25) is 4.79 Å². The molecule has 0 aliphatic carbocycles. The molecule has 1 aliphatic rings. The number of carbonyl (C=O) groups excluding carboxylic acids is 2. The maximum Gasteiger partial charge on any atom is 0.319 e. The van der Waals surface area contributed by atoms with E-state index >= 15 is 0 Å². The molecule has 1 unspecified atom stereocenters. The molecule has 6 nitrogen and oxygen atoms in total. The maximum absolute atomic E-state index is 13.1. The molecular formula is C17H25FN4O2. The Morgan fingerprint density at radius 2 is 2.17 bits per heavy atom. The Bertz CT molecular complexity index is 600. The first kappa shape index (κ1) is 18.2. The fourth-order valence-electron chi connectivity index (χ4n) is 2.80. The van der Waals surface area contributed by atoms with E-state index in [1.165, 1.54) is 18.2 Å². The number of anilines is 1. The molecule has 1 aliphatic heterocycles. The number of carbonyl (C=O) groups is 2. The van der Waals surface area contributed by atoms with Crippen molar-refractivity contribution in [3.63, 3.8) is 0 Å². The van der Waals surface area contributed by atoms with Gasteiger partial charge in [0.05, 0.1) is 5.54 Å². The molecule has 2 rings (SSSR count). The number of halogens is 1. The number of nitrogens with two attached hydrogens (primary N) is 1. The van der Waals surface area contributed by atoms with Crippen molar-refractivity contribution < 1.29 is 14.0 Å². The number of nitrogens with one attached hydrogen (secondary N) is 2. The van der Waals surface area contributed by atoms with Crippen molar-refractivity contribution in [3.8, 4) is 0 Å². The summed E-state index contributed by atoms with van der Waals surface area (Å²) in [7, 11) is 0. The number of hydrogen-bond donors (Lipinski definition) is 3. The highest BCUT2D eigenvalue weighted by Crippen LogP contribution is 2.18. The maximum atomic E-state index is 13.1. The van der Waals surface area contributed by atoms with Gasteiger partial charge in [0.25, 0.3) is 0 Å². The quantitative estimate of drug-likeness (QED) is 0.785. The molecule has 1 fully saturated rings. The van der Waals surface area contributed by atoms with Gasteiger partial charge >= 0.3 is 6.03 Å². The first-order valence-corrected chi connectivity index (χ1v) is 8.14. The predicted molar refractivity (Wildman–Crippen MR) is 91.0 cm³/mol. The summed E-state index contributed by atoms with van der Waals surface area (Å²) in [5, 5.41) is 5.37. The van der Waals surface area contributed by atoms with Crippen LogP contribution in [0.25, 0.3) is 0 Å². The minimum atomic E-state index is -0.885. The number of nitrogens with zero attached hydrogens (tertiary/aromatic N) is 1. The lowest BCUT2D eigenvalue weighted by atomic mass is 9.95. The second kappa shape index (κ2) is 7.61. The summed E-state index contributed by atoms with van der Waals surface area (Å²) in [6.45, 7) is 5.13. The van der Waals surface area contributed by atoms with E-state index in [4.69, 9.17) is 5.73 Å². The van der Waals surface area contributed by atoms with Crippen molar-refractivity contribution >= 4 is 17.6 Å². The van der Waals surface area contributed by atoms with Gasteiger partial charge in [-0.1, -0.05) is 6.07 Å². The average molecular weight is 336 g/mol. The number of hydrogen-bond acceptors (Lipinski definition) is 3. The first-order valence-electron chi connectivity index (χ1n) is 8.14. The Morgan fingerprint density at radius 1 is 1.42 bits per heavy atom. The average Bonchev–Trinajstić information content (AvgIpc) is 2.51. The smallest absolute Gasteiger partial charge is 0.319 e. The topological polar surface area (TPSA) is 87.5 Å². The third kappa shape index (κ3) is 5.19. The lowest BCUT2D eigenvalue weighted by Gasteiger charge is -2.36. The Balaban J connectivity index is 1.81. The van der Waals surface area contributed by atoms with Crippen molar-refractivity contribution in [3.05, 3.63) is 30.1 Å². The number of rotatable bonds is 4. The van der Waals surface area contributed by atoms with Gasteiger partial charge in [0.2, 0.25) is 5.91 Å². The van der Waals surface area contributed by atoms with Crippen LogP contribution in [-0.4, -0.2) is 42.0 Å². The van der Waals surface area contributed by atoms with E-state index in [1.807, 2.05) is 0 Å². The van der Waals surface area contributed by atoms with Crippen LogP contribution in [-0.2, 0) is 4.79 Å². The second-order valence-corrected chi connectivity index (χ2v) is 6.83. The zero-order valence-electron chi connectivity index (χ0n) is 14.1. The van der Waals surface area contributed by atoms with E-state index in [2.05, 4.69) is 10.6 Å². The molecule has 1 saturated heterocycles. The molecule has 0 radical (unpaired) electrons. The van der Waals surface area contributed by atoms with Crippen LogP contribution in [0, 0.1) is 11.7 Å². The lowest BCUT2D eigenvalue weighted by molar-refractivity contribution is -0.137. The van der Waals surface area contributed by atoms with Crippen LogP contribution < -0.4 is 16.4 Å². The summed E-state index contributed by atoms with van der Waals surface area (Å²) in [6, 6.07) is 5.33. The van der Waals surface area contributed by atoms with Crippen LogP contribution in [0.1, 0.15) is 26.7 Å². The molecule has 0 saturated carbocycles. The first-order chi connectivity index (χ1) is 11.3. The number of urea groups is 1. The minimum absolute atomic E-state index is 0.0728. The van der Waals surface area contributed by atoms with Gasteiger partial charge in [-0.2, -0.15) is 0 Å². The molecule has 24 heavy (non-hydrogen) atoms. The van der Waals surface area contributed by atoms with E-state index in [-0.39, 0.29) is 17.9 Å². The molecule has 1 aromatic carbocycles. The Kier molecular flexibility index (Phi) is 5.77. The third-order valence-electron chi connectivity index (χ3n) is 3.99. The van der Waals surface area contributed by atoms with Crippen LogP contribution in [0.4, 0.5) is 14.9 Å². The molecule has 0 spiro atoms. The summed E-state index contributed by atoms with van der Waals surface area (Å²) in [6.07, 6.45) is 1.83. The van der Waals surface area contributed by atoms with Crippen LogP contribution in [0.15, 0.2) is 24.3 Å². The predicted octanol–water partition coefficient (Wildman–Crippen LogP) is 1.92. The Labute approximate surface area is 141 Å². The number of piperidine rings is 1. The van der Waals surface area contributed by atoms with Crippen molar-refractivity contribution in [2.45, 2.75) is 32.2 Å². The van der Waals surface area contributed by atoms with Crippen molar-refractivity contribution in [2.75, 3.05) is 25.0 Å². The number of benzene rings is 1. The highest BCUT2D eigenvalue weighted by atomic mass is 19.1. The monoisotopic (exact) mass is 336 g/mol. The summed E-state index contributed by atoms with van der Waals surface area (Å²) in [4.78, 5) is 25.9. The highest BCUT2D eigenvalue weighted by molar-refractivity contribution is 5.89. The molecule has 1 heterocycles. The lowest BCUT2D eigenvalue weighted by Crippen LogP contribution is -2.54. The van der Waals surface area contributed by atoms with Gasteiger partial charge in [0, 0.05) is 25.3 Å². The summed E-state index contributed by atoms with van der Waals surface area (Å²) >= 11 is 0. The zero-order chi connectivity index (χ0) is 17.7. The molecule has 1 aromatic rings. The van der Waals surface area contributed by atoms with Crippen LogP contribution >= 0.6 is 0 Å². The van der Waals surface area contributed by atoms with Gasteiger partial charge in [0.15, 0.2) is 0 Å². The summed E-state index contributed by atoms with van der Waals surface area (Å²) in [5.41, 5.74) is 5.39. The molecule has 1 atom stereocenters. The number of likely N-dealkylation sites (tertiary alicyclic amines) is 1. The van der Waals surface area contributed by atoms with Gasteiger partial charge in [-0.25, -0.2) is 9.18 Å². The van der Waals surface area contributed by atoms with Crippen molar-refractivity contribution in [1.82, 2.24) is 10.2 Å². The summed E-state index contributed by atoms with van der Waals surface area (Å²) < 4.78 is 13.1. The second-order valence-electron chi connectivity index (χ2n) is 6.83. The minimum Gasteiger partial charge on any atom is -0.341 e. The largest absolute Gasteiger partial charge is 0.341 e. The Hall–Kier alpha value is -2.15. The highest BCUT2D eigenvalue weighted by Gasteiger charge is 2.31. The van der Waals surface area contributed by atoms with Crippen LogP contribution in [0.2, 0.25) is 0 Å². The molecular weight excluding hydrogens is 311 g/mol. The van der Waals surface area contributed by atoms with Crippen molar-refractivity contribution in [2.24, 2.45) is 11.7 Å². The fourth-order valence-corrected chi connectivity index (χ4v) is 2.80. The third-order valence-corrected chi connectivity index (χ3v) is 3.99. The standard InChI is InChI=1S/C17H25FN4O2/c1-17(2,19)15(23)22-8-4-5-12(11-22)10-20-16(24)21-14-7-3-6-13(18)9-14/h3,6-7,9,12H,4-5,8,10-11,19H2,1-2H3,(H2,20,21,24). The Morgan fingerprint density at radius 3 is 2.83 bits per heavy atom. The van der Waals surface area contributed by atoms with E-state index in [0.717, 1.165) is 12.8 Å². The van der Waals surface area contributed by atoms with E-state index in [9.17, 15) is 14.0 Å². The van der Waals surface area contributed by atoms with Gasteiger partial charge in [-0.15, -0.1) is 0 Å². The van der Waals surface area contributed by atoms with E-state index in [0.29, 0.717) is 25.3 Å². The molecule has 0 bridgehead atoms. The van der Waals surface area contributed by atoms with Gasteiger partial charge < -0.3 is 21.3 Å². The van der Waals surface area contributed by atoms with Crippen LogP contribution in [0.3, 0.4) is 0 Å². The fraction of sp³-hybridized carbons (Fsp3) is 0.529. The molecule has 3 amide bonds. The van der Waals surface area contributed by atoms with Crippen LogP contribution in [0.5, 0.6) is 0 Å². The zero-order valence-corrected chi connectivity index (χ0v) is 14.1.